The van der Waals surface area contributed by atoms with Crippen LogP contribution >= 0.6 is 0 Å². The number of rotatable bonds is 6. The van der Waals surface area contributed by atoms with E-state index in [0.29, 0.717) is 12.1 Å². The highest BCUT2D eigenvalue weighted by Gasteiger charge is 2.16. The van der Waals surface area contributed by atoms with Crippen LogP contribution in [0.25, 0.3) is 0 Å². The fourth-order valence-corrected chi connectivity index (χ4v) is 2.19. The molecule has 0 saturated heterocycles. The molecular weight excluding hydrogens is 278 g/mol. The van der Waals surface area contributed by atoms with E-state index in [1.54, 1.807) is 24.3 Å². The summed E-state index contributed by atoms with van der Waals surface area (Å²) in [4.78, 5) is 11.8. The molecule has 7 heteroatoms. The zero-order chi connectivity index (χ0) is 15.2. The minimum absolute atomic E-state index is 0.0805. The molecule has 0 aliphatic carbocycles. The van der Waals surface area contributed by atoms with Crippen LogP contribution in [0, 0.1) is 11.3 Å². The summed E-state index contributed by atoms with van der Waals surface area (Å²) in [5.41, 5.74) is 7.05. The molecule has 1 rings (SSSR count). The molecular formula is C13H17N3O3S. The summed E-state index contributed by atoms with van der Waals surface area (Å²) in [5.74, 6) is -0.551. The van der Waals surface area contributed by atoms with Crippen molar-refractivity contribution in [2.45, 2.75) is 18.9 Å². The standard InChI is InChI=1S/C13H17N3O3S/c1-20(18,19)9-7-12(15)13(17)16-11-4-2-10(3-5-11)6-8-14/h2-5,12H,6-7,9,15H2,1H3,(H,16,17). The van der Waals surface area contributed by atoms with Gasteiger partial charge in [-0.25, -0.2) is 8.42 Å². The molecule has 108 valence electrons. The lowest BCUT2D eigenvalue weighted by molar-refractivity contribution is -0.117. The van der Waals surface area contributed by atoms with Gasteiger partial charge in [0.1, 0.15) is 9.84 Å². The number of nitriles is 1. The molecule has 1 aromatic carbocycles. The van der Waals surface area contributed by atoms with E-state index in [1.807, 2.05) is 6.07 Å². The van der Waals surface area contributed by atoms with E-state index in [9.17, 15) is 13.2 Å². The van der Waals surface area contributed by atoms with Gasteiger partial charge in [0.15, 0.2) is 0 Å². The van der Waals surface area contributed by atoms with Crippen LogP contribution in [-0.2, 0) is 21.1 Å². The topological polar surface area (TPSA) is 113 Å². The molecule has 1 amide bonds. The van der Waals surface area contributed by atoms with Gasteiger partial charge in [-0.15, -0.1) is 0 Å². The Morgan fingerprint density at radius 3 is 2.50 bits per heavy atom. The van der Waals surface area contributed by atoms with Crippen molar-refractivity contribution in [1.82, 2.24) is 0 Å². The first kappa shape index (κ1) is 16.1. The number of nitrogens with one attached hydrogen (secondary N) is 1. The predicted molar refractivity (Wildman–Crippen MR) is 76.7 cm³/mol. The van der Waals surface area contributed by atoms with Crippen molar-refractivity contribution in [2.75, 3.05) is 17.3 Å². The van der Waals surface area contributed by atoms with Gasteiger partial charge < -0.3 is 11.1 Å². The summed E-state index contributed by atoms with van der Waals surface area (Å²) >= 11 is 0. The second-order valence-corrected chi connectivity index (χ2v) is 6.81. The molecule has 0 radical (unpaired) electrons. The first-order chi connectivity index (χ1) is 9.31. The first-order valence-electron chi connectivity index (χ1n) is 6.02. The second-order valence-electron chi connectivity index (χ2n) is 4.55. The number of carbonyl (C=O) groups excluding carboxylic acids is 1. The highest BCUT2D eigenvalue weighted by Crippen LogP contribution is 2.10. The van der Waals surface area contributed by atoms with E-state index < -0.39 is 21.8 Å². The Bertz CT molecular complexity index is 603. The molecule has 0 heterocycles. The van der Waals surface area contributed by atoms with E-state index in [-0.39, 0.29) is 12.2 Å². The molecule has 0 aromatic heterocycles. The van der Waals surface area contributed by atoms with E-state index in [1.165, 1.54) is 0 Å². The van der Waals surface area contributed by atoms with Crippen molar-refractivity contribution in [1.29, 1.82) is 5.26 Å². The largest absolute Gasteiger partial charge is 0.325 e. The highest BCUT2D eigenvalue weighted by atomic mass is 32.2. The minimum Gasteiger partial charge on any atom is -0.325 e. The average Bonchev–Trinajstić information content (AvgIpc) is 2.37. The number of hydrogen-bond acceptors (Lipinski definition) is 5. The monoisotopic (exact) mass is 295 g/mol. The third-order valence-corrected chi connectivity index (χ3v) is 3.62. The Kier molecular flexibility index (Phi) is 5.67. The molecule has 3 N–H and O–H groups in total. The van der Waals surface area contributed by atoms with Crippen LogP contribution in [0.15, 0.2) is 24.3 Å². The summed E-state index contributed by atoms with van der Waals surface area (Å²) in [6, 6.07) is 7.98. The van der Waals surface area contributed by atoms with Crippen LogP contribution in [0.3, 0.4) is 0 Å². The van der Waals surface area contributed by atoms with Crippen LogP contribution in [-0.4, -0.2) is 32.4 Å². The number of sulfone groups is 1. The first-order valence-corrected chi connectivity index (χ1v) is 8.08. The van der Waals surface area contributed by atoms with Crippen LogP contribution < -0.4 is 11.1 Å². The van der Waals surface area contributed by atoms with Gasteiger partial charge in [0.05, 0.1) is 24.3 Å². The van der Waals surface area contributed by atoms with E-state index in [4.69, 9.17) is 11.0 Å². The summed E-state index contributed by atoms with van der Waals surface area (Å²) < 4.78 is 22.0. The Labute approximate surface area is 118 Å². The maximum atomic E-state index is 11.8. The lowest BCUT2D eigenvalue weighted by atomic mass is 10.1. The molecule has 1 unspecified atom stereocenters. The molecule has 0 aliphatic heterocycles. The van der Waals surface area contributed by atoms with Crippen molar-refractivity contribution < 1.29 is 13.2 Å². The van der Waals surface area contributed by atoms with Gasteiger partial charge in [0.2, 0.25) is 5.91 Å². The van der Waals surface area contributed by atoms with Crippen molar-refractivity contribution in [3.63, 3.8) is 0 Å². The lowest BCUT2D eigenvalue weighted by Crippen LogP contribution is -2.37. The van der Waals surface area contributed by atoms with E-state index in [0.717, 1.165) is 11.8 Å². The van der Waals surface area contributed by atoms with Gasteiger partial charge in [-0.05, 0) is 24.1 Å². The molecule has 0 aliphatic rings. The van der Waals surface area contributed by atoms with Gasteiger partial charge in [0.25, 0.3) is 0 Å². The molecule has 1 aromatic rings. The summed E-state index contributed by atoms with van der Waals surface area (Å²) in [6.45, 7) is 0. The molecule has 0 fully saturated rings. The van der Waals surface area contributed by atoms with Gasteiger partial charge in [0, 0.05) is 11.9 Å². The molecule has 0 bridgehead atoms. The molecule has 0 saturated carbocycles. The smallest absolute Gasteiger partial charge is 0.241 e. The van der Waals surface area contributed by atoms with Crippen LogP contribution in [0.4, 0.5) is 5.69 Å². The number of nitrogens with two attached hydrogens (primary N) is 1. The predicted octanol–water partition coefficient (Wildman–Crippen LogP) is 0.453. The Morgan fingerprint density at radius 1 is 1.40 bits per heavy atom. The lowest BCUT2D eigenvalue weighted by Gasteiger charge is -2.11. The van der Waals surface area contributed by atoms with Crippen molar-refractivity contribution in [3.05, 3.63) is 29.8 Å². The molecule has 1 atom stereocenters. The van der Waals surface area contributed by atoms with Crippen LogP contribution in [0.2, 0.25) is 0 Å². The van der Waals surface area contributed by atoms with E-state index in [2.05, 4.69) is 5.32 Å². The average molecular weight is 295 g/mol. The third-order valence-electron chi connectivity index (χ3n) is 2.64. The summed E-state index contributed by atoms with van der Waals surface area (Å²) in [7, 11) is -3.13. The minimum atomic E-state index is -3.13. The zero-order valence-corrected chi connectivity index (χ0v) is 12.0. The normalized spacial score (nSPS) is 12.4. The number of amides is 1. The third kappa shape index (κ3) is 5.82. The van der Waals surface area contributed by atoms with Crippen molar-refractivity contribution in [3.8, 4) is 6.07 Å². The molecule has 0 spiro atoms. The maximum Gasteiger partial charge on any atom is 0.241 e. The Morgan fingerprint density at radius 2 is 2.00 bits per heavy atom. The molecule has 6 nitrogen and oxygen atoms in total. The van der Waals surface area contributed by atoms with Crippen LogP contribution in [0.1, 0.15) is 12.0 Å². The highest BCUT2D eigenvalue weighted by molar-refractivity contribution is 7.90. The van der Waals surface area contributed by atoms with Gasteiger partial charge in [-0.1, -0.05) is 12.1 Å². The number of carbonyl (C=O) groups is 1. The number of nitrogens with zero attached hydrogens (tertiary/aromatic N) is 1. The zero-order valence-electron chi connectivity index (χ0n) is 11.2. The second kappa shape index (κ2) is 7.03. The SMILES string of the molecule is CS(=O)(=O)CCC(N)C(=O)Nc1ccc(CC#N)cc1. The van der Waals surface area contributed by atoms with Gasteiger partial charge in [-0.2, -0.15) is 5.26 Å². The van der Waals surface area contributed by atoms with E-state index >= 15 is 0 Å². The summed E-state index contributed by atoms with van der Waals surface area (Å²) in [5, 5.41) is 11.2. The number of benzene rings is 1. The van der Waals surface area contributed by atoms with Crippen LogP contribution in [0.5, 0.6) is 0 Å². The summed E-state index contributed by atoms with van der Waals surface area (Å²) in [6.07, 6.45) is 1.49. The quantitative estimate of drug-likeness (QED) is 0.791. The van der Waals surface area contributed by atoms with Gasteiger partial charge in [-0.3, -0.25) is 4.79 Å². The fraction of sp³-hybridized carbons (Fsp3) is 0.385. The number of hydrogen-bond donors (Lipinski definition) is 2. The fourth-order valence-electron chi connectivity index (χ4n) is 1.50. The van der Waals surface area contributed by atoms with Crippen molar-refractivity contribution in [2.24, 2.45) is 5.73 Å². The van der Waals surface area contributed by atoms with Gasteiger partial charge >= 0.3 is 0 Å². The Balaban J connectivity index is 2.55. The van der Waals surface area contributed by atoms with Crippen molar-refractivity contribution >= 4 is 21.4 Å². The number of anilines is 1. The molecule has 20 heavy (non-hydrogen) atoms. The maximum absolute atomic E-state index is 11.8. The Hall–Kier alpha value is -1.91.